The number of halogens is 1. The standard InChI is InChI=1S/C14H18BrNO2S/c1-8-6-10(7-9(2)17-8)18-12-5-3-4-11(15)13(12)14(16)19/h3-5,8-10H,6-7H2,1-2H3,(H2,16,19). The van der Waals surface area contributed by atoms with Crippen LogP contribution in [0.15, 0.2) is 22.7 Å². The SMILES string of the molecule is CC1CC(Oc2cccc(Br)c2C(N)=S)CC(C)O1. The van der Waals surface area contributed by atoms with Crippen molar-refractivity contribution in [3.8, 4) is 5.75 Å². The number of benzene rings is 1. The highest BCUT2D eigenvalue weighted by molar-refractivity contribution is 9.10. The summed E-state index contributed by atoms with van der Waals surface area (Å²) in [5.41, 5.74) is 6.54. The van der Waals surface area contributed by atoms with Crippen LogP contribution in [0.4, 0.5) is 0 Å². The maximum Gasteiger partial charge on any atom is 0.131 e. The van der Waals surface area contributed by atoms with E-state index in [1.165, 1.54) is 0 Å². The summed E-state index contributed by atoms with van der Waals surface area (Å²) in [5.74, 6) is 0.744. The molecule has 1 aromatic rings. The molecule has 2 atom stereocenters. The molecule has 2 rings (SSSR count). The number of thiocarbonyl (C=S) groups is 1. The molecule has 0 amide bonds. The number of rotatable bonds is 3. The second kappa shape index (κ2) is 6.20. The molecule has 1 saturated heterocycles. The molecule has 0 aromatic heterocycles. The molecule has 1 aromatic carbocycles. The van der Waals surface area contributed by atoms with Crippen LogP contribution in [0.25, 0.3) is 0 Å². The summed E-state index contributed by atoms with van der Waals surface area (Å²) in [7, 11) is 0. The van der Waals surface area contributed by atoms with Crippen LogP contribution >= 0.6 is 28.1 Å². The van der Waals surface area contributed by atoms with E-state index in [0.717, 1.165) is 28.6 Å². The lowest BCUT2D eigenvalue weighted by atomic mass is 10.0. The van der Waals surface area contributed by atoms with E-state index in [-0.39, 0.29) is 18.3 Å². The Balaban J connectivity index is 2.19. The van der Waals surface area contributed by atoms with Crippen molar-refractivity contribution in [1.82, 2.24) is 0 Å². The Labute approximate surface area is 127 Å². The largest absolute Gasteiger partial charge is 0.489 e. The van der Waals surface area contributed by atoms with Gasteiger partial charge in [-0.2, -0.15) is 0 Å². The van der Waals surface area contributed by atoms with Crippen molar-refractivity contribution in [2.45, 2.75) is 45.0 Å². The first-order chi connectivity index (χ1) is 8.97. The minimum atomic E-state index is 0.140. The van der Waals surface area contributed by atoms with Crippen LogP contribution in [0, 0.1) is 0 Å². The van der Waals surface area contributed by atoms with Gasteiger partial charge in [0.05, 0.1) is 17.8 Å². The van der Waals surface area contributed by atoms with Gasteiger partial charge < -0.3 is 15.2 Å². The Kier molecular flexibility index (Phi) is 4.81. The van der Waals surface area contributed by atoms with Crippen LogP contribution in [0.1, 0.15) is 32.3 Å². The van der Waals surface area contributed by atoms with Crippen LogP contribution in [0.2, 0.25) is 0 Å². The van der Waals surface area contributed by atoms with Crippen molar-refractivity contribution in [2.24, 2.45) is 5.73 Å². The number of ether oxygens (including phenoxy) is 2. The molecule has 0 radical (unpaired) electrons. The topological polar surface area (TPSA) is 44.5 Å². The van der Waals surface area contributed by atoms with Crippen LogP contribution in [-0.4, -0.2) is 23.3 Å². The zero-order valence-electron chi connectivity index (χ0n) is 11.1. The molecule has 5 heteroatoms. The average molecular weight is 344 g/mol. The van der Waals surface area contributed by atoms with E-state index < -0.39 is 0 Å². The normalized spacial score (nSPS) is 27.0. The fraction of sp³-hybridized carbons (Fsp3) is 0.500. The predicted octanol–water partition coefficient (Wildman–Crippen LogP) is 3.42. The number of nitrogens with two attached hydrogens (primary N) is 1. The molecule has 19 heavy (non-hydrogen) atoms. The molecule has 1 heterocycles. The second-order valence-corrected chi connectivity index (χ2v) is 6.24. The van der Waals surface area contributed by atoms with Gasteiger partial charge in [-0.3, -0.25) is 0 Å². The average Bonchev–Trinajstić information content (AvgIpc) is 2.26. The summed E-state index contributed by atoms with van der Waals surface area (Å²) < 4.78 is 12.7. The molecule has 0 saturated carbocycles. The van der Waals surface area contributed by atoms with Crippen molar-refractivity contribution in [1.29, 1.82) is 0 Å². The van der Waals surface area contributed by atoms with E-state index in [1.807, 2.05) is 18.2 Å². The Morgan fingerprint density at radius 1 is 1.37 bits per heavy atom. The maximum absolute atomic E-state index is 6.09. The molecule has 2 N–H and O–H groups in total. The van der Waals surface area contributed by atoms with Gasteiger partial charge in [0.2, 0.25) is 0 Å². The second-order valence-electron chi connectivity index (χ2n) is 4.95. The molecule has 0 aliphatic carbocycles. The Hall–Kier alpha value is -0.650. The highest BCUT2D eigenvalue weighted by atomic mass is 79.9. The van der Waals surface area contributed by atoms with Crippen LogP contribution in [0.5, 0.6) is 5.75 Å². The summed E-state index contributed by atoms with van der Waals surface area (Å²) in [6.45, 7) is 4.14. The van der Waals surface area contributed by atoms with Gasteiger partial charge in [0, 0.05) is 17.3 Å². The molecule has 0 bridgehead atoms. The van der Waals surface area contributed by atoms with Crippen LogP contribution in [0.3, 0.4) is 0 Å². The van der Waals surface area contributed by atoms with E-state index in [0.29, 0.717) is 4.99 Å². The first-order valence-electron chi connectivity index (χ1n) is 6.37. The van der Waals surface area contributed by atoms with Crippen LogP contribution < -0.4 is 10.5 Å². The molecule has 2 unspecified atom stereocenters. The van der Waals surface area contributed by atoms with Gasteiger partial charge in [0.1, 0.15) is 16.8 Å². The first-order valence-corrected chi connectivity index (χ1v) is 7.58. The Morgan fingerprint density at radius 3 is 2.58 bits per heavy atom. The zero-order valence-corrected chi connectivity index (χ0v) is 13.5. The monoisotopic (exact) mass is 343 g/mol. The van der Waals surface area contributed by atoms with Crippen molar-refractivity contribution in [2.75, 3.05) is 0 Å². The molecular weight excluding hydrogens is 326 g/mol. The van der Waals surface area contributed by atoms with Gasteiger partial charge in [0.15, 0.2) is 0 Å². The third-order valence-corrected chi connectivity index (χ3v) is 4.03. The van der Waals surface area contributed by atoms with Gasteiger partial charge in [-0.15, -0.1) is 0 Å². The van der Waals surface area contributed by atoms with Gasteiger partial charge in [-0.25, -0.2) is 0 Å². The molecule has 104 valence electrons. The van der Waals surface area contributed by atoms with Crippen LogP contribution in [-0.2, 0) is 4.74 Å². The minimum Gasteiger partial charge on any atom is -0.489 e. The third-order valence-electron chi connectivity index (χ3n) is 3.17. The zero-order chi connectivity index (χ0) is 14.0. The summed E-state index contributed by atoms with van der Waals surface area (Å²) in [6.07, 6.45) is 2.34. The van der Waals surface area contributed by atoms with Gasteiger partial charge in [-0.1, -0.05) is 18.3 Å². The number of hydrogen-bond acceptors (Lipinski definition) is 3. The fourth-order valence-corrected chi connectivity index (χ4v) is 3.37. The Morgan fingerprint density at radius 2 is 2.00 bits per heavy atom. The minimum absolute atomic E-state index is 0.140. The summed E-state index contributed by atoms with van der Waals surface area (Å²) in [6, 6.07) is 5.74. The van der Waals surface area contributed by atoms with E-state index in [9.17, 15) is 0 Å². The molecular formula is C14H18BrNO2S. The van der Waals surface area contributed by atoms with E-state index in [1.54, 1.807) is 0 Å². The van der Waals surface area contributed by atoms with Gasteiger partial charge >= 0.3 is 0 Å². The van der Waals surface area contributed by atoms with Crippen molar-refractivity contribution in [3.63, 3.8) is 0 Å². The highest BCUT2D eigenvalue weighted by Crippen LogP contribution is 2.30. The van der Waals surface area contributed by atoms with Crippen molar-refractivity contribution in [3.05, 3.63) is 28.2 Å². The number of hydrogen-bond donors (Lipinski definition) is 1. The fourth-order valence-electron chi connectivity index (χ4n) is 2.46. The van der Waals surface area contributed by atoms with Gasteiger partial charge in [0.25, 0.3) is 0 Å². The Bertz CT molecular complexity index is 471. The first kappa shape index (κ1) is 14.8. The summed E-state index contributed by atoms with van der Waals surface area (Å²) in [5, 5.41) is 0. The molecule has 1 fully saturated rings. The quantitative estimate of drug-likeness (QED) is 0.854. The maximum atomic E-state index is 6.09. The van der Waals surface area contributed by atoms with E-state index >= 15 is 0 Å². The van der Waals surface area contributed by atoms with Crippen molar-refractivity contribution < 1.29 is 9.47 Å². The predicted molar refractivity (Wildman–Crippen MR) is 83.7 cm³/mol. The highest BCUT2D eigenvalue weighted by Gasteiger charge is 2.26. The molecule has 0 spiro atoms. The summed E-state index contributed by atoms with van der Waals surface area (Å²) in [4.78, 5) is 0.343. The summed E-state index contributed by atoms with van der Waals surface area (Å²) >= 11 is 8.56. The lowest BCUT2D eigenvalue weighted by Gasteiger charge is -2.32. The molecule has 3 nitrogen and oxygen atoms in total. The molecule has 1 aliphatic rings. The third kappa shape index (κ3) is 3.68. The van der Waals surface area contributed by atoms with Crippen molar-refractivity contribution >= 4 is 33.1 Å². The van der Waals surface area contributed by atoms with E-state index in [4.69, 9.17) is 27.4 Å². The molecule has 1 aliphatic heterocycles. The van der Waals surface area contributed by atoms with Gasteiger partial charge in [-0.05, 0) is 41.9 Å². The lowest BCUT2D eigenvalue weighted by Crippen LogP contribution is -2.36. The van der Waals surface area contributed by atoms with E-state index in [2.05, 4.69) is 29.8 Å². The lowest BCUT2D eigenvalue weighted by molar-refractivity contribution is -0.0721. The smallest absolute Gasteiger partial charge is 0.131 e.